The number of halogens is 2. The zero-order valence-corrected chi connectivity index (χ0v) is 16.4. The summed E-state index contributed by atoms with van der Waals surface area (Å²) >= 11 is 11.9. The maximum atomic E-state index is 12.6. The van der Waals surface area contributed by atoms with Crippen molar-refractivity contribution in [2.75, 3.05) is 10.6 Å². The molecule has 140 valence electrons. The Hall–Kier alpha value is -2.57. The topological polar surface area (TPSA) is 78.5 Å². The van der Waals surface area contributed by atoms with Crippen LogP contribution in [0.15, 0.2) is 36.4 Å². The molecular formula is C19H17Cl2N3O3. The lowest BCUT2D eigenvalue weighted by molar-refractivity contribution is 0.0507. The predicted molar refractivity (Wildman–Crippen MR) is 106 cm³/mol. The van der Waals surface area contributed by atoms with E-state index in [2.05, 4.69) is 10.6 Å². The Morgan fingerprint density at radius 2 is 1.59 bits per heavy atom. The fourth-order valence-corrected chi connectivity index (χ4v) is 3.26. The fraction of sp³-hybridized carbons (Fsp3) is 0.211. The summed E-state index contributed by atoms with van der Waals surface area (Å²) in [6, 6.07) is 8.75. The number of anilines is 2. The molecule has 4 amide bonds. The largest absolute Gasteiger partial charge is 0.323 e. The monoisotopic (exact) mass is 405 g/mol. The van der Waals surface area contributed by atoms with Gasteiger partial charge in [-0.05, 0) is 57.2 Å². The fourth-order valence-electron chi connectivity index (χ4n) is 2.80. The van der Waals surface area contributed by atoms with Crippen LogP contribution < -0.4 is 10.6 Å². The summed E-state index contributed by atoms with van der Waals surface area (Å²) in [5.74, 6) is -0.723. The second kappa shape index (κ2) is 6.87. The Balaban J connectivity index is 1.79. The van der Waals surface area contributed by atoms with Gasteiger partial charge < -0.3 is 10.6 Å². The van der Waals surface area contributed by atoms with Crippen LogP contribution in [0.4, 0.5) is 16.2 Å². The minimum atomic E-state index is -0.635. The van der Waals surface area contributed by atoms with Crippen LogP contribution in [-0.2, 0) is 0 Å². The summed E-state index contributed by atoms with van der Waals surface area (Å²) < 4.78 is 0. The Labute approximate surface area is 166 Å². The van der Waals surface area contributed by atoms with Crippen molar-refractivity contribution in [3.63, 3.8) is 0 Å². The molecule has 0 radical (unpaired) electrons. The highest BCUT2D eigenvalue weighted by atomic mass is 35.5. The van der Waals surface area contributed by atoms with Crippen LogP contribution in [0.3, 0.4) is 0 Å². The summed E-state index contributed by atoms with van der Waals surface area (Å²) in [6.07, 6.45) is 0. The molecule has 0 bridgehead atoms. The summed E-state index contributed by atoms with van der Waals surface area (Å²) in [5, 5.41) is 5.98. The van der Waals surface area contributed by atoms with Crippen LogP contribution in [-0.4, -0.2) is 28.3 Å². The van der Waals surface area contributed by atoms with E-state index in [0.29, 0.717) is 27.0 Å². The maximum absolute atomic E-state index is 12.6. The number of amides is 4. The molecule has 0 fully saturated rings. The van der Waals surface area contributed by atoms with E-state index < -0.39 is 11.6 Å². The molecule has 2 aromatic carbocycles. The van der Waals surface area contributed by atoms with E-state index in [1.165, 1.54) is 23.1 Å². The van der Waals surface area contributed by atoms with E-state index in [4.69, 9.17) is 23.2 Å². The van der Waals surface area contributed by atoms with Crippen molar-refractivity contribution in [3.8, 4) is 0 Å². The highest BCUT2D eigenvalue weighted by molar-refractivity contribution is 6.36. The molecule has 3 rings (SSSR count). The number of nitrogens with zero attached hydrogens (tertiary/aromatic N) is 1. The first-order valence-electron chi connectivity index (χ1n) is 8.14. The molecule has 6 nitrogen and oxygen atoms in total. The van der Waals surface area contributed by atoms with Gasteiger partial charge in [-0.1, -0.05) is 23.2 Å². The second-order valence-electron chi connectivity index (χ2n) is 7.08. The molecule has 0 aromatic heterocycles. The Morgan fingerprint density at radius 3 is 2.22 bits per heavy atom. The van der Waals surface area contributed by atoms with Crippen molar-refractivity contribution in [3.05, 3.63) is 57.6 Å². The van der Waals surface area contributed by atoms with Gasteiger partial charge in [-0.2, -0.15) is 0 Å². The van der Waals surface area contributed by atoms with Gasteiger partial charge in [0, 0.05) is 16.2 Å². The van der Waals surface area contributed by atoms with E-state index in [0.717, 1.165) is 0 Å². The van der Waals surface area contributed by atoms with Gasteiger partial charge in [0.25, 0.3) is 11.8 Å². The van der Waals surface area contributed by atoms with E-state index in [1.807, 2.05) is 0 Å². The van der Waals surface area contributed by atoms with Crippen LogP contribution in [0.5, 0.6) is 0 Å². The average molecular weight is 406 g/mol. The number of nitrogens with one attached hydrogen (secondary N) is 2. The number of hydrogen-bond acceptors (Lipinski definition) is 3. The molecule has 27 heavy (non-hydrogen) atoms. The van der Waals surface area contributed by atoms with Crippen LogP contribution >= 0.6 is 23.2 Å². The van der Waals surface area contributed by atoms with Gasteiger partial charge in [0.1, 0.15) is 0 Å². The van der Waals surface area contributed by atoms with Crippen molar-refractivity contribution in [2.24, 2.45) is 0 Å². The Morgan fingerprint density at radius 1 is 0.926 bits per heavy atom. The first-order chi connectivity index (χ1) is 12.6. The molecule has 0 spiro atoms. The number of hydrogen-bond donors (Lipinski definition) is 2. The van der Waals surface area contributed by atoms with Crippen molar-refractivity contribution in [1.29, 1.82) is 0 Å². The van der Waals surface area contributed by atoms with Gasteiger partial charge in [-0.15, -0.1) is 0 Å². The quantitative estimate of drug-likeness (QED) is 0.687. The number of imide groups is 1. The summed E-state index contributed by atoms with van der Waals surface area (Å²) in [5.41, 5.74) is 0.723. The normalized spacial score (nSPS) is 13.6. The third-order valence-electron chi connectivity index (χ3n) is 3.99. The van der Waals surface area contributed by atoms with Crippen molar-refractivity contribution >= 4 is 52.4 Å². The number of carbonyl (C=O) groups excluding carboxylic acids is 3. The molecule has 0 aliphatic carbocycles. The third-order valence-corrected chi connectivity index (χ3v) is 4.54. The standard InChI is InChI=1S/C19H17Cl2N3O3/c1-19(2,3)24-16(25)12-6-5-11(9-13(12)17(24)26)22-18(27)23-15-7-4-10(20)8-14(15)21/h4-9H,1-3H3,(H2,22,23,27). The second-order valence-corrected chi connectivity index (χ2v) is 7.92. The first kappa shape index (κ1) is 19.2. The first-order valence-corrected chi connectivity index (χ1v) is 8.89. The lowest BCUT2D eigenvalue weighted by atomic mass is 10.1. The average Bonchev–Trinajstić information content (AvgIpc) is 2.81. The van der Waals surface area contributed by atoms with Crippen LogP contribution in [0.1, 0.15) is 41.5 Å². The molecule has 1 aliphatic heterocycles. The Bertz CT molecular complexity index is 967. The zero-order valence-electron chi connectivity index (χ0n) is 14.9. The summed E-state index contributed by atoms with van der Waals surface area (Å²) in [7, 11) is 0. The third kappa shape index (κ3) is 3.77. The lowest BCUT2D eigenvalue weighted by Crippen LogP contribution is -2.45. The van der Waals surface area contributed by atoms with Gasteiger partial charge in [0.2, 0.25) is 0 Å². The van der Waals surface area contributed by atoms with E-state index in [9.17, 15) is 14.4 Å². The molecule has 2 N–H and O–H groups in total. The predicted octanol–water partition coefficient (Wildman–Crippen LogP) is 5.03. The SMILES string of the molecule is CC(C)(C)N1C(=O)c2ccc(NC(=O)Nc3ccc(Cl)cc3Cl)cc2C1=O. The number of carbonyl (C=O) groups is 3. The van der Waals surface area contributed by atoms with Gasteiger partial charge in [-0.25, -0.2) is 4.79 Å². The number of rotatable bonds is 2. The molecular weight excluding hydrogens is 389 g/mol. The van der Waals surface area contributed by atoms with Gasteiger partial charge in [-0.3, -0.25) is 14.5 Å². The summed E-state index contributed by atoms with van der Waals surface area (Å²) in [6.45, 7) is 5.37. The molecule has 0 saturated heterocycles. The van der Waals surface area contributed by atoms with Crippen LogP contribution in [0, 0.1) is 0 Å². The smallest absolute Gasteiger partial charge is 0.308 e. The molecule has 0 saturated carbocycles. The van der Waals surface area contributed by atoms with E-state index >= 15 is 0 Å². The van der Waals surface area contributed by atoms with Crippen molar-refractivity contribution in [2.45, 2.75) is 26.3 Å². The van der Waals surface area contributed by atoms with Crippen LogP contribution in [0.2, 0.25) is 10.0 Å². The molecule has 1 aliphatic rings. The zero-order chi connectivity index (χ0) is 19.9. The van der Waals surface area contributed by atoms with Crippen molar-refractivity contribution in [1.82, 2.24) is 4.90 Å². The molecule has 2 aromatic rings. The highest BCUT2D eigenvalue weighted by Gasteiger charge is 2.41. The van der Waals surface area contributed by atoms with Crippen molar-refractivity contribution < 1.29 is 14.4 Å². The minimum absolute atomic E-state index is 0.261. The highest BCUT2D eigenvalue weighted by Crippen LogP contribution is 2.31. The minimum Gasteiger partial charge on any atom is -0.308 e. The summed E-state index contributed by atoms with van der Waals surface area (Å²) in [4.78, 5) is 38.5. The van der Waals surface area contributed by atoms with Crippen LogP contribution in [0.25, 0.3) is 0 Å². The van der Waals surface area contributed by atoms with Gasteiger partial charge >= 0.3 is 6.03 Å². The molecule has 0 atom stereocenters. The lowest BCUT2D eigenvalue weighted by Gasteiger charge is -2.29. The number of benzene rings is 2. The maximum Gasteiger partial charge on any atom is 0.323 e. The number of fused-ring (bicyclic) bond motifs is 1. The number of urea groups is 1. The van der Waals surface area contributed by atoms with Gasteiger partial charge in [0.05, 0.1) is 21.8 Å². The van der Waals surface area contributed by atoms with E-state index in [-0.39, 0.29) is 17.4 Å². The molecule has 1 heterocycles. The van der Waals surface area contributed by atoms with E-state index in [1.54, 1.807) is 39.0 Å². The Kier molecular flexibility index (Phi) is 4.88. The van der Waals surface area contributed by atoms with Gasteiger partial charge in [0.15, 0.2) is 0 Å². The molecule has 8 heteroatoms. The molecule has 0 unspecified atom stereocenters.